The second-order valence-corrected chi connectivity index (χ2v) is 4.23. The van der Waals surface area contributed by atoms with Gasteiger partial charge >= 0.3 is 11.2 Å². The largest absolute Gasteiger partial charge is 0.337 e. The number of alkyl halides is 2. The lowest BCUT2D eigenvalue weighted by atomic mass is 10.0. The molecule has 1 aromatic rings. The summed E-state index contributed by atoms with van der Waals surface area (Å²) in [5.74, 6) is -3.82. The fourth-order valence-electron chi connectivity index (χ4n) is 1.88. The molecule has 1 aromatic heterocycles. The van der Waals surface area contributed by atoms with Gasteiger partial charge in [-0.1, -0.05) is 6.08 Å². The number of nitro groups is 1. The quantitative estimate of drug-likeness (QED) is 0.615. The molecule has 102 valence electrons. The van der Waals surface area contributed by atoms with Crippen LogP contribution in [0.1, 0.15) is 19.3 Å². The molecule has 1 aliphatic carbocycles. The van der Waals surface area contributed by atoms with Gasteiger partial charge in [0.1, 0.15) is 5.82 Å². The van der Waals surface area contributed by atoms with Crippen LogP contribution < -0.4 is 5.56 Å². The Morgan fingerprint density at radius 1 is 1.42 bits per heavy atom. The van der Waals surface area contributed by atoms with Crippen molar-refractivity contribution in [3.05, 3.63) is 44.6 Å². The van der Waals surface area contributed by atoms with E-state index in [-0.39, 0.29) is 12.1 Å². The first-order valence-electron chi connectivity index (χ1n) is 5.44. The maximum absolute atomic E-state index is 13.2. The molecule has 0 N–H and O–H groups in total. The van der Waals surface area contributed by atoms with Crippen molar-refractivity contribution in [2.45, 2.75) is 25.2 Å². The molecule has 0 saturated carbocycles. The van der Waals surface area contributed by atoms with E-state index in [0.717, 1.165) is 16.8 Å². The van der Waals surface area contributed by atoms with Crippen molar-refractivity contribution in [1.82, 2.24) is 4.57 Å². The zero-order valence-electron chi connectivity index (χ0n) is 9.61. The second-order valence-electron chi connectivity index (χ2n) is 4.23. The molecule has 5 nitrogen and oxygen atoms in total. The molecule has 0 aromatic carbocycles. The summed E-state index contributed by atoms with van der Waals surface area (Å²) in [6, 6.07) is 0.511. The van der Waals surface area contributed by atoms with E-state index >= 15 is 0 Å². The van der Waals surface area contributed by atoms with E-state index in [1.807, 2.05) is 0 Å². The highest BCUT2D eigenvalue weighted by atomic mass is 19.3. The third-order valence-corrected chi connectivity index (χ3v) is 2.85. The smallest absolute Gasteiger partial charge is 0.280 e. The van der Waals surface area contributed by atoms with Crippen LogP contribution in [0.3, 0.4) is 0 Å². The van der Waals surface area contributed by atoms with Gasteiger partial charge in [-0.25, -0.2) is 13.2 Å². The van der Waals surface area contributed by atoms with Crippen molar-refractivity contribution in [3.8, 4) is 0 Å². The lowest BCUT2D eigenvalue weighted by molar-refractivity contribution is -0.386. The molecule has 1 heterocycles. The van der Waals surface area contributed by atoms with Crippen LogP contribution >= 0.6 is 0 Å². The van der Waals surface area contributed by atoms with Crippen LogP contribution in [0.5, 0.6) is 0 Å². The van der Waals surface area contributed by atoms with Gasteiger partial charge in [0.25, 0.3) is 5.92 Å². The standard InChI is InChI=1S/C11H9F3N2O3/c12-7-5-9(16(18)19)10(17)15(6-7)8-1-3-11(13,14)4-2-8/h1,5-6H,2-4H2. The Morgan fingerprint density at radius 3 is 2.63 bits per heavy atom. The highest BCUT2D eigenvalue weighted by Gasteiger charge is 2.32. The van der Waals surface area contributed by atoms with Crippen molar-refractivity contribution in [1.29, 1.82) is 0 Å². The first-order valence-corrected chi connectivity index (χ1v) is 5.44. The normalized spacial score (nSPS) is 17.9. The average Bonchev–Trinajstić information content (AvgIpc) is 2.32. The molecule has 0 radical (unpaired) electrons. The van der Waals surface area contributed by atoms with Crippen molar-refractivity contribution < 1.29 is 18.1 Å². The molecule has 19 heavy (non-hydrogen) atoms. The predicted molar refractivity (Wildman–Crippen MR) is 60.4 cm³/mol. The zero-order valence-corrected chi connectivity index (χ0v) is 9.61. The Kier molecular flexibility index (Phi) is 3.17. The fourth-order valence-corrected chi connectivity index (χ4v) is 1.88. The minimum atomic E-state index is -2.85. The van der Waals surface area contributed by atoms with Crippen LogP contribution in [0, 0.1) is 15.9 Å². The Balaban J connectivity index is 2.50. The van der Waals surface area contributed by atoms with E-state index < -0.39 is 40.8 Å². The van der Waals surface area contributed by atoms with Crippen molar-refractivity contribution in [2.75, 3.05) is 0 Å². The maximum Gasteiger partial charge on any atom is 0.337 e. The summed E-state index contributed by atoms with van der Waals surface area (Å²) in [6.45, 7) is 0. The van der Waals surface area contributed by atoms with E-state index in [1.165, 1.54) is 0 Å². The molecule has 0 saturated heterocycles. The van der Waals surface area contributed by atoms with E-state index in [2.05, 4.69) is 0 Å². The summed E-state index contributed by atoms with van der Waals surface area (Å²) >= 11 is 0. The summed E-state index contributed by atoms with van der Waals surface area (Å²) in [6.07, 6.45) is 0.681. The Hall–Kier alpha value is -2.12. The molecule has 0 amide bonds. The Labute approximate surface area is 105 Å². The van der Waals surface area contributed by atoms with E-state index in [1.54, 1.807) is 0 Å². The number of halogens is 3. The van der Waals surface area contributed by atoms with Gasteiger partial charge in [-0.05, 0) is 6.42 Å². The summed E-state index contributed by atoms with van der Waals surface area (Å²) in [7, 11) is 0. The summed E-state index contributed by atoms with van der Waals surface area (Å²) in [4.78, 5) is 21.3. The van der Waals surface area contributed by atoms with Gasteiger partial charge in [0.2, 0.25) is 0 Å². The molecule has 0 spiro atoms. The lowest BCUT2D eigenvalue weighted by Crippen LogP contribution is -2.26. The van der Waals surface area contributed by atoms with Crippen LogP contribution in [0.2, 0.25) is 0 Å². The summed E-state index contributed by atoms with van der Waals surface area (Å²) in [5, 5.41) is 10.6. The van der Waals surface area contributed by atoms with Gasteiger partial charge in [0.05, 0.1) is 11.0 Å². The van der Waals surface area contributed by atoms with E-state index in [0.29, 0.717) is 6.07 Å². The number of rotatable bonds is 2. The van der Waals surface area contributed by atoms with Crippen LogP contribution in [-0.2, 0) is 0 Å². The fraction of sp³-hybridized carbons (Fsp3) is 0.364. The van der Waals surface area contributed by atoms with E-state index in [4.69, 9.17) is 0 Å². The molecule has 0 unspecified atom stereocenters. The first kappa shape index (κ1) is 13.3. The van der Waals surface area contributed by atoms with Crippen molar-refractivity contribution in [2.24, 2.45) is 0 Å². The monoisotopic (exact) mass is 274 g/mol. The number of hydrogen-bond donors (Lipinski definition) is 0. The maximum atomic E-state index is 13.2. The summed E-state index contributed by atoms with van der Waals surface area (Å²) in [5.41, 5.74) is -1.79. The number of nitrogens with zero attached hydrogens (tertiary/aromatic N) is 2. The summed E-state index contributed by atoms with van der Waals surface area (Å²) < 4.78 is 39.9. The number of aromatic nitrogens is 1. The molecule has 0 fully saturated rings. The SMILES string of the molecule is O=c1c([N+](=O)[O-])cc(F)cn1C1=CCC(F)(F)CC1. The second kappa shape index (κ2) is 4.52. The molecular formula is C11H9F3N2O3. The van der Waals surface area contributed by atoms with Crippen molar-refractivity contribution >= 4 is 11.4 Å². The van der Waals surface area contributed by atoms with Gasteiger partial charge in [-0.2, -0.15) is 0 Å². The Bertz CT molecular complexity index is 622. The molecular weight excluding hydrogens is 265 g/mol. The molecule has 1 aliphatic rings. The highest BCUT2D eigenvalue weighted by molar-refractivity contribution is 5.49. The molecule has 0 aliphatic heterocycles. The predicted octanol–water partition coefficient (Wildman–Crippen LogP) is 2.56. The zero-order chi connectivity index (χ0) is 14.2. The third-order valence-electron chi connectivity index (χ3n) is 2.85. The average molecular weight is 274 g/mol. The number of pyridine rings is 1. The molecule has 2 rings (SSSR count). The minimum Gasteiger partial charge on any atom is -0.280 e. The van der Waals surface area contributed by atoms with Gasteiger partial charge < -0.3 is 0 Å². The minimum absolute atomic E-state index is 0.145. The van der Waals surface area contributed by atoms with Crippen LogP contribution in [0.4, 0.5) is 18.9 Å². The van der Waals surface area contributed by atoms with Crippen LogP contribution in [-0.4, -0.2) is 15.4 Å². The number of allylic oxidation sites excluding steroid dienone is 2. The topological polar surface area (TPSA) is 65.1 Å². The molecule has 8 heteroatoms. The van der Waals surface area contributed by atoms with Gasteiger partial charge in [0, 0.05) is 24.7 Å². The van der Waals surface area contributed by atoms with E-state index in [9.17, 15) is 28.1 Å². The molecule has 0 bridgehead atoms. The highest BCUT2D eigenvalue weighted by Crippen LogP contribution is 2.33. The van der Waals surface area contributed by atoms with Gasteiger partial charge in [-0.15, -0.1) is 0 Å². The van der Waals surface area contributed by atoms with Crippen LogP contribution in [0.25, 0.3) is 5.70 Å². The van der Waals surface area contributed by atoms with Crippen LogP contribution in [0.15, 0.2) is 23.1 Å². The first-order chi connectivity index (χ1) is 8.80. The van der Waals surface area contributed by atoms with Crippen molar-refractivity contribution in [3.63, 3.8) is 0 Å². The van der Waals surface area contributed by atoms with Gasteiger partial charge in [-0.3, -0.25) is 19.5 Å². The molecule has 0 atom stereocenters. The Morgan fingerprint density at radius 2 is 2.11 bits per heavy atom. The third kappa shape index (κ3) is 2.67. The number of hydrogen-bond acceptors (Lipinski definition) is 3. The van der Waals surface area contributed by atoms with Gasteiger partial charge in [0.15, 0.2) is 0 Å². The lowest BCUT2D eigenvalue weighted by Gasteiger charge is -2.22.